The first kappa shape index (κ1) is 19.8. The van der Waals surface area contributed by atoms with Gasteiger partial charge in [-0.25, -0.2) is 4.79 Å². The Labute approximate surface area is 166 Å². The number of anilines is 1. The maximum atomic E-state index is 12.6. The van der Waals surface area contributed by atoms with E-state index < -0.39 is 4.92 Å². The van der Waals surface area contributed by atoms with Crippen molar-refractivity contribution in [1.82, 2.24) is 10.2 Å². The molecule has 1 unspecified atom stereocenters. The fraction of sp³-hybridized carbons (Fsp3) is 0.368. The summed E-state index contributed by atoms with van der Waals surface area (Å²) in [6.07, 6.45) is 1.45. The molecule has 1 aromatic heterocycles. The van der Waals surface area contributed by atoms with Crippen molar-refractivity contribution in [3.8, 4) is 0 Å². The molecule has 0 bridgehead atoms. The fourth-order valence-electron chi connectivity index (χ4n) is 3.20. The number of nitro groups is 1. The van der Waals surface area contributed by atoms with Crippen LogP contribution in [0.15, 0.2) is 35.7 Å². The number of rotatable bonds is 5. The number of urea groups is 1. The molecule has 1 atom stereocenters. The lowest BCUT2D eigenvalue weighted by Crippen LogP contribution is -2.47. The summed E-state index contributed by atoms with van der Waals surface area (Å²) in [5, 5.41) is 18.5. The molecule has 1 fully saturated rings. The number of hydrogen-bond donors (Lipinski definition) is 2. The zero-order chi connectivity index (χ0) is 20.1. The van der Waals surface area contributed by atoms with Gasteiger partial charge in [-0.05, 0) is 42.8 Å². The summed E-state index contributed by atoms with van der Waals surface area (Å²) < 4.78 is 0. The number of nitrogens with one attached hydrogen (secondary N) is 2. The number of aryl methyl sites for hydroxylation is 1. The van der Waals surface area contributed by atoms with Crippen molar-refractivity contribution in [3.05, 3.63) is 56.3 Å². The predicted molar refractivity (Wildman–Crippen MR) is 107 cm³/mol. The number of likely N-dealkylation sites (tertiary alicyclic amines) is 1. The molecular formula is C19H22N4O4S. The monoisotopic (exact) mass is 402 g/mol. The van der Waals surface area contributed by atoms with E-state index in [1.165, 1.54) is 12.1 Å². The van der Waals surface area contributed by atoms with Gasteiger partial charge in [0.15, 0.2) is 0 Å². The Balaban J connectivity index is 1.56. The summed E-state index contributed by atoms with van der Waals surface area (Å²) in [6, 6.07) is 8.07. The van der Waals surface area contributed by atoms with Gasteiger partial charge in [0.05, 0.1) is 17.4 Å². The minimum absolute atomic E-state index is 0.0123. The minimum Gasteiger partial charge on any atom is -0.333 e. The molecule has 28 heavy (non-hydrogen) atoms. The Morgan fingerprint density at radius 3 is 2.86 bits per heavy atom. The van der Waals surface area contributed by atoms with Crippen molar-refractivity contribution in [2.24, 2.45) is 5.92 Å². The average Bonchev–Trinajstić information content (AvgIpc) is 3.21. The summed E-state index contributed by atoms with van der Waals surface area (Å²) in [7, 11) is 0. The van der Waals surface area contributed by atoms with Crippen molar-refractivity contribution >= 4 is 34.6 Å². The highest BCUT2D eigenvalue weighted by Crippen LogP contribution is 2.24. The fourth-order valence-corrected chi connectivity index (χ4v) is 3.84. The number of amides is 3. The van der Waals surface area contributed by atoms with Gasteiger partial charge in [-0.2, -0.15) is 0 Å². The highest BCUT2D eigenvalue weighted by Gasteiger charge is 2.28. The van der Waals surface area contributed by atoms with E-state index in [0.717, 1.165) is 11.3 Å². The molecule has 1 aliphatic heterocycles. The molecule has 0 saturated carbocycles. The van der Waals surface area contributed by atoms with Gasteiger partial charge >= 0.3 is 6.03 Å². The SMILES string of the molecule is Cc1cc([N+](=O)[O-])ccc1NC(=O)C1CCCN(C(=O)NCc2cccs2)C1. The molecule has 2 N–H and O–H groups in total. The summed E-state index contributed by atoms with van der Waals surface area (Å²) in [6.45, 7) is 3.17. The van der Waals surface area contributed by atoms with E-state index in [1.807, 2.05) is 17.5 Å². The molecule has 0 radical (unpaired) electrons. The topological polar surface area (TPSA) is 105 Å². The van der Waals surface area contributed by atoms with Crippen LogP contribution in [-0.4, -0.2) is 34.9 Å². The minimum atomic E-state index is -0.466. The van der Waals surface area contributed by atoms with Crippen LogP contribution in [0.1, 0.15) is 23.3 Å². The molecule has 148 valence electrons. The molecule has 1 aliphatic rings. The second-order valence-corrected chi connectivity index (χ2v) is 7.80. The van der Waals surface area contributed by atoms with Crippen LogP contribution < -0.4 is 10.6 Å². The van der Waals surface area contributed by atoms with Gasteiger partial charge in [0, 0.05) is 35.8 Å². The van der Waals surface area contributed by atoms with Crippen LogP contribution in [0, 0.1) is 23.0 Å². The van der Waals surface area contributed by atoms with Crippen LogP contribution in [0.5, 0.6) is 0 Å². The Bertz CT molecular complexity index is 869. The number of piperidine rings is 1. The standard InChI is InChI=1S/C19H22N4O4S/c1-13-10-15(23(26)27)6-7-17(13)21-18(24)14-4-2-8-22(12-14)19(25)20-11-16-5-3-9-28-16/h3,5-7,9-10,14H,2,4,8,11-12H2,1H3,(H,20,25)(H,21,24). The van der Waals surface area contributed by atoms with E-state index in [2.05, 4.69) is 10.6 Å². The van der Waals surface area contributed by atoms with Crippen LogP contribution >= 0.6 is 11.3 Å². The molecule has 8 nitrogen and oxygen atoms in total. The van der Waals surface area contributed by atoms with Gasteiger partial charge in [-0.1, -0.05) is 6.07 Å². The smallest absolute Gasteiger partial charge is 0.317 e. The molecule has 0 aliphatic carbocycles. The first-order chi connectivity index (χ1) is 13.4. The number of nitrogens with zero attached hydrogens (tertiary/aromatic N) is 2. The Morgan fingerprint density at radius 1 is 1.36 bits per heavy atom. The maximum absolute atomic E-state index is 12.6. The van der Waals surface area contributed by atoms with Crippen LogP contribution in [0.25, 0.3) is 0 Å². The Hall–Kier alpha value is -2.94. The van der Waals surface area contributed by atoms with Crippen LogP contribution in [0.2, 0.25) is 0 Å². The lowest BCUT2D eigenvalue weighted by Gasteiger charge is -2.32. The zero-order valence-corrected chi connectivity index (χ0v) is 16.3. The van der Waals surface area contributed by atoms with E-state index in [1.54, 1.807) is 29.2 Å². The third-order valence-corrected chi connectivity index (χ3v) is 5.63. The number of benzene rings is 1. The van der Waals surface area contributed by atoms with Crippen molar-refractivity contribution in [1.29, 1.82) is 0 Å². The van der Waals surface area contributed by atoms with E-state index in [0.29, 0.717) is 37.3 Å². The molecular weight excluding hydrogens is 380 g/mol. The van der Waals surface area contributed by atoms with E-state index in [-0.39, 0.29) is 23.5 Å². The normalized spacial score (nSPS) is 16.5. The number of nitro benzene ring substituents is 1. The number of hydrogen-bond acceptors (Lipinski definition) is 5. The summed E-state index contributed by atoms with van der Waals surface area (Å²) in [5.74, 6) is -0.483. The largest absolute Gasteiger partial charge is 0.333 e. The second kappa shape index (κ2) is 8.83. The van der Waals surface area contributed by atoms with E-state index in [9.17, 15) is 19.7 Å². The highest BCUT2D eigenvalue weighted by molar-refractivity contribution is 7.09. The third kappa shape index (κ3) is 4.86. The van der Waals surface area contributed by atoms with E-state index in [4.69, 9.17) is 0 Å². The third-order valence-electron chi connectivity index (χ3n) is 4.75. The lowest BCUT2D eigenvalue weighted by molar-refractivity contribution is -0.384. The number of thiophene rings is 1. The first-order valence-electron chi connectivity index (χ1n) is 9.05. The van der Waals surface area contributed by atoms with E-state index >= 15 is 0 Å². The molecule has 2 heterocycles. The Morgan fingerprint density at radius 2 is 2.18 bits per heavy atom. The predicted octanol–water partition coefficient (Wildman–Crippen LogP) is 3.53. The second-order valence-electron chi connectivity index (χ2n) is 6.77. The van der Waals surface area contributed by atoms with Crippen molar-refractivity contribution in [3.63, 3.8) is 0 Å². The van der Waals surface area contributed by atoms with Gasteiger partial charge in [0.2, 0.25) is 5.91 Å². The van der Waals surface area contributed by atoms with Crippen molar-refractivity contribution in [2.45, 2.75) is 26.3 Å². The summed E-state index contributed by atoms with van der Waals surface area (Å²) in [4.78, 5) is 38.2. The molecule has 2 aromatic rings. The lowest BCUT2D eigenvalue weighted by atomic mass is 9.97. The number of carbonyl (C=O) groups excluding carboxylic acids is 2. The molecule has 1 saturated heterocycles. The summed E-state index contributed by atoms with van der Waals surface area (Å²) >= 11 is 1.58. The highest BCUT2D eigenvalue weighted by atomic mass is 32.1. The quantitative estimate of drug-likeness (QED) is 0.590. The van der Waals surface area contributed by atoms with Gasteiger partial charge in [0.25, 0.3) is 5.69 Å². The van der Waals surface area contributed by atoms with Gasteiger partial charge < -0.3 is 15.5 Å². The zero-order valence-electron chi connectivity index (χ0n) is 15.5. The number of carbonyl (C=O) groups is 2. The number of non-ortho nitro benzene ring substituents is 1. The Kier molecular flexibility index (Phi) is 6.25. The average molecular weight is 402 g/mol. The van der Waals surface area contributed by atoms with Gasteiger partial charge in [-0.15, -0.1) is 11.3 Å². The first-order valence-corrected chi connectivity index (χ1v) is 9.93. The molecule has 3 rings (SSSR count). The molecule has 0 spiro atoms. The van der Waals surface area contributed by atoms with Crippen molar-refractivity contribution in [2.75, 3.05) is 18.4 Å². The van der Waals surface area contributed by atoms with Crippen LogP contribution in [-0.2, 0) is 11.3 Å². The molecule has 3 amide bonds. The molecule has 1 aromatic carbocycles. The van der Waals surface area contributed by atoms with Crippen molar-refractivity contribution < 1.29 is 14.5 Å². The van der Waals surface area contributed by atoms with Gasteiger partial charge in [-0.3, -0.25) is 14.9 Å². The maximum Gasteiger partial charge on any atom is 0.317 e. The van der Waals surface area contributed by atoms with Gasteiger partial charge in [0.1, 0.15) is 0 Å². The summed E-state index contributed by atoms with van der Waals surface area (Å²) in [5.41, 5.74) is 1.17. The van der Waals surface area contributed by atoms with Crippen LogP contribution in [0.4, 0.5) is 16.2 Å². The molecule has 9 heteroatoms. The van der Waals surface area contributed by atoms with Crippen LogP contribution in [0.3, 0.4) is 0 Å².